The van der Waals surface area contributed by atoms with Crippen LogP contribution in [0.2, 0.25) is 5.02 Å². The summed E-state index contributed by atoms with van der Waals surface area (Å²) in [5.41, 5.74) is 5.52. The second-order valence-electron chi connectivity index (χ2n) is 9.44. The fraction of sp³-hybridized carbons (Fsp3) is 0.156. The van der Waals surface area contributed by atoms with Crippen LogP contribution < -0.4 is 4.90 Å². The maximum absolute atomic E-state index is 14.1. The second kappa shape index (κ2) is 9.56. The van der Waals surface area contributed by atoms with Gasteiger partial charge in [0.1, 0.15) is 0 Å². The zero-order valence-corrected chi connectivity index (χ0v) is 20.7. The molecule has 1 atom stereocenters. The number of para-hydroxylation sites is 1. The van der Waals surface area contributed by atoms with Crippen LogP contribution in [0.25, 0.3) is 5.57 Å². The minimum atomic E-state index is -0.581. The van der Waals surface area contributed by atoms with Crippen molar-refractivity contribution in [1.29, 1.82) is 0 Å². The van der Waals surface area contributed by atoms with Crippen molar-refractivity contribution in [2.45, 2.75) is 31.8 Å². The maximum Gasteiger partial charge on any atom is 0.164 e. The van der Waals surface area contributed by atoms with Gasteiger partial charge in [-0.15, -0.1) is 0 Å². The van der Waals surface area contributed by atoms with E-state index in [2.05, 4.69) is 67.3 Å². The van der Waals surface area contributed by atoms with Crippen LogP contribution in [0.5, 0.6) is 0 Å². The quantitative estimate of drug-likeness (QED) is 0.276. The molecule has 1 aliphatic heterocycles. The van der Waals surface area contributed by atoms with Crippen molar-refractivity contribution in [3.8, 4) is 0 Å². The van der Waals surface area contributed by atoms with Gasteiger partial charge in [0.2, 0.25) is 0 Å². The number of hydrogen-bond donors (Lipinski definition) is 0. The van der Waals surface area contributed by atoms with E-state index in [9.17, 15) is 4.79 Å². The lowest BCUT2D eigenvalue weighted by Crippen LogP contribution is -2.54. The number of rotatable bonds is 4. The van der Waals surface area contributed by atoms with Crippen LogP contribution in [0.15, 0.2) is 121 Å². The molecule has 4 aromatic carbocycles. The van der Waals surface area contributed by atoms with Gasteiger partial charge in [-0.1, -0.05) is 103 Å². The van der Waals surface area contributed by atoms with E-state index in [1.165, 1.54) is 0 Å². The Hall–Kier alpha value is -3.62. The summed E-state index contributed by atoms with van der Waals surface area (Å²) in [6, 6.07) is 38.7. The van der Waals surface area contributed by atoms with E-state index in [1.807, 2.05) is 66.7 Å². The van der Waals surface area contributed by atoms with E-state index in [4.69, 9.17) is 11.6 Å². The molecule has 1 saturated heterocycles. The molecule has 5 rings (SSSR count). The highest BCUT2D eigenvalue weighted by atomic mass is 35.5. The Balaban J connectivity index is 1.77. The molecule has 0 amide bonds. The summed E-state index contributed by atoms with van der Waals surface area (Å²) in [4.78, 5) is 16.5. The minimum Gasteiger partial charge on any atom is -0.355 e. The summed E-state index contributed by atoms with van der Waals surface area (Å²) in [5.74, 6) is 0.171. The number of halogens is 1. The molecular formula is C32H28ClNO. The zero-order valence-electron chi connectivity index (χ0n) is 20.0. The molecule has 0 N–H and O–H groups in total. The van der Waals surface area contributed by atoms with Gasteiger partial charge < -0.3 is 4.90 Å². The number of benzene rings is 4. The predicted octanol–water partition coefficient (Wildman–Crippen LogP) is 8.14. The van der Waals surface area contributed by atoms with Crippen molar-refractivity contribution in [2.75, 3.05) is 4.90 Å². The average Bonchev–Trinajstić information content (AvgIpc) is 2.88. The third-order valence-corrected chi connectivity index (χ3v) is 7.10. The molecule has 0 spiro atoms. The lowest BCUT2D eigenvalue weighted by Gasteiger charge is -2.51. The Morgan fingerprint density at radius 3 is 1.74 bits per heavy atom. The number of anilines is 1. The molecule has 0 aliphatic carbocycles. The molecule has 174 valence electrons. The first-order chi connectivity index (χ1) is 17.0. The largest absolute Gasteiger partial charge is 0.355 e. The zero-order chi connectivity index (χ0) is 24.4. The number of ketones is 1. The number of hydrogen-bond acceptors (Lipinski definition) is 2. The van der Waals surface area contributed by atoms with Crippen molar-refractivity contribution in [3.63, 3.8) is 0 Å². The van der Waals surface area contributed by atoms with Crippen LogP contribution in [0, 0.1) is 0 Å². The number of carbonyl (C=O) groups excluding carboxylic acids is 1. The summed E-state index contributed by atoms with van der Waals surface area (Å²) in [5, 5.41) is 0.692. The number of nitrogens with zero attached hydrogens (tertiary/aromatic N) is 1. The first-order valence-corrected chi connectivity index (χ1v) is 12.3. The number of carbonyl (C=O) groups is 1. The fourth-order valence-corrected chi connectivity index (χ4v) is 5.50. The topological polar surface area (TPSA) is 20.3 Å². The monoisotopic (exact) mass is 477 g/mol. The molecule has 1 unspecified atom stereocenters. The van der Waals surface area contributed by atoms with E-state index in [0.717, 1.165) is 33.5 Å². The average molecular weight is 478 g/mol. The van der Waals surface area contributed by atoms with E-state index in [0.29, 0.717) is 11.4 Å². The van der Waals surface area contributed by atoms with E-state index in [1.54, 1.807) is 0 Å². The molecule has 0 saturated carbocycles. The standard InChI is InChI=1S/C32H28ClNO/c1-32(2)31(30(24-12-6-3-7-13-24)25-14-8-4-9-15-25)29(35)22-28(23-18-20-26(33)21-19-23)34(32)27-16-10-5-11-17-27/h3-21,28H,22H2,1-2H3. The first-order valence-electron chi connectivity index (χ1n) is 12.0. The van der Waals surface area contributed by atoms with Crippen molar-refractivity contribution >= 4 is 28.6 Å². The minimum absolute atomic E-state index is 0.103. The number of piperidine rings is 1. The maximum atomic E-state index is 14.1. The van der Waals surface area contributed by atoms with Crippen LogP contribution in [0.1, 0.15) is 43.0 Å². The Bertz CT molecular complexity index is 1300. The van der Waals surface area contributed by atoms with E-state index >= 15 is 0 Å². The van der Waals surface area contributed by atoms with Crippen LogP contribution in [-0.2, 0) is 4.79 Å². The van der Waals surface area contributed by atoms with Gasteiger partial charge in [-0.3, -0.25) is 4.79 Å². The lowest BCUT2D eigenvalue weighted by atomic mass is 9.73. The van der Waals surface area contributed by atoms with Crippen molar-refractivity contribution in [2.24, 2.45) is 0 Å². The Labute approximate surface area is 212 Å². The SMILES string of the molecule is CC1(C)C(=C(c2ccccc2)c2ccccc2)C(=O)CC(c2ccc(Cl)cc2)N1c1ccccc1. The third kappa shape index (κ3) is 4.42. The van der Waals surface area contributed by atoms with Crippen LogP contribution in [-0.4, -0.2) is 11.3 Å². The van der Waals surface area contributed by atoms with Gasteiger partial charge in [0.05, 0.1) is 11.6 Å². The fourth-order valence-electron chi connectivity index (χ4n) is 5.37. The molecule has 1 heterocycles. The van der Waals surface area contributed by atoms with Crippen LogP contribution in [0.3, 0.4) is 0 Å². The molecule has 0 aromatic heterocycles. The Morgan fingerprint density at radius 1 is 0.743 bits per heavy atom. The smallest absolute Gasteiger partial charge is 0.164 e. The lowest BCUT2D eigenvalue weighted by molar-refractivity contribution is -0.117. The van der Waals surface area contributed by atoms with Gasteiger partial charge in [-0.25, -0.2) is 0 Å². The Kier molecular flexibility index (Phi) is 6.32. The molecule has 2 nitrogen and oxygen atoms in total. The van der Waals surface area contributed by atoms with Gasteiger partial charge in [-0.05, 0) is 60.4 Å². The summed E-state index contributed by atoms with van der Waals surface area (Å²) in [6.45, 7) is 4.34. The predicted molar refractivity (Wildman–Crippen MR) is 146 cm³/mol. The third-order valence-electron chi connectivity index (χ3n) is 6.85. The highest BCUT2D eigenvalue weighted by molar-refractivity contribution is 6.30. The van der Waals surface area contributed by atoms with Crippen LogP contribution in [0.4, 0.5) is 5.69 Å². The van der Waals surface area contributed by atoms with Gasteiger partial charge in [0.15, 0.2) is 5.78 Å². The molecular weight excluding hydrogens is 450 g/mol. The summed E-state index contributed by atoms with van der Waals surface area (Å²) in [6.07, 6.45) is 0.387. The van der Waals surface area contributed by atoms with Gasteiger partial charge in [0, 0.05) is 22.7 Å². The van der Waals surface area contributed by atoms with Gasteiger partial charge >= 0.3 is 0 Å². The number of Topliss-reactive ketones (excluding diaryl/α,β-unsaturated/α-hetero) is 1. The van der Waals surface area contributed by atoms with Crippen molar-refractivity contribution < 1.29 is 4.79 Å². The van der Waals surface area contributed by atoms with E-state index in [-0.39, 0.29) is 11.8 Å². The van der Waals surface area contributed by atoms with Crippen LogP contribution >= 0.6 is 11.6 Å². The van der Waals surface area contributed by atoms with Crippen molar-refractivity contribution in [1.82, 2.24) is 0 Å². The first kappa shape index (κ1) is 23.1. The molecule has 3 heteroatoms. The molecule has 0 bridgehead atoms. The van der Waals surface area contributed by atoms with Gasteiger partial charge in [-0.2, -0.15) is 0 Å². The highest BCUT2D eigenvalue weighted by Crippen LogP contribution is 2.47. The summed E-state index contributed by atoms with van der Waals surface area (Å²) >= 11 is 6.20. The Morgan fingerprint density at radius 2 is 1.23 bits per heavy atom. The molecule has 35 heavy (non-hydrogen) atoms. The molecule has 1 aliphatic rings. The molecule has 1 fully saturated rings. The van der Waals surface area contributed by atoms with E-state index < -0.39 is 5.54 Å². The van der Waals surface area contributed by atoms with Crippen molar-refractivity contribution in [3.05, 3.63) is 143 Å². The highest BCUT2D eigenvalue weighted by Gasteiger charge is 2.46. The second-order valence-corrected chi connectivity index (χ2v) is 9.88. The molecule has 0 radical (unpaired) electrons. The summed E-state index contributed by atoms with van der Waals surface area (Å²) < 4.78 is 0. The van der Waals surface area contributed by atoms with Gasteiger partial charge in [0.25, 0.3) is 0 Å². The summed E-state index contributed by atoms with van der Waals surface area (Å²) in [7, 11) is 0. The normalized spacial score (nSPS) is 17.3. The molecule has 4 aromatic rings.